The number of benzene rings is 1. The van der Waals surface area contributed by atoms with Gasteiger partial charge in [-0.25, -0.2) is 0 Å². The highest BCUT2D eigenvalue weighted by molar-refractivity contribution is 14.0. The smallest absolute Gasteiger partial charge is 0.193 e. The third kappa shape index (κ3) is 5.58. The van der Waals surface area contributed by atoms with E-state index in [9.17, 15) is 0 Å². The summed E-state index contributed by atoms with van der Waals surface area (Å²) in [6.07, 6.45) is 0.875. The summed E-state index contributed by atoms with van der Waals surface area (Å²) in [7, 11) is 0. The lowest BCUT2D eigenvalue weighted by Gasteiger charge is -2.11. The Hall–Kier alpha value is -1.22. The molecule has 1 aromatic carbocycles. The minimum atomic E-state index is 0. The predicted octanol–water partition coefficient (Wildman–Crippen LogP) is 1.82. The molecule has 1 atom stereocenters. The molecule has 0 fully saturated rings. The molecule has 1 unspecified atom stereocenters. The number of hydrogen-bond donors (Lipinski definition) is 3. The molecule has 0 bridgehead atoms. The van der Waals surface area contributed by atoms with Crippen molar-refractivity contribution in [2.24, 2.45) is 16.6 Å². The third-order valence-corrected chi connectivity index (χ3v) is 2.90. The Kier molecular flexibility index (Phi) is 7.58. The molecule has 0 spiro atoms. The lowest BCUT2D eigenvalue weighted by atomic mass is 10.2. The van der Waals surface area contributed by atoms with Crippen molar-refractivity contribution in [3.8, 4) is 11.5 Å². The van der Waals surface area contributed by atoms with Crippen molar-refractivity contribution in [2.45, 2.75) is 13.3 Å². The zero-order valence-corrected chi connectivity index (χ0v) is 14.4. The molecule has 0 aliphatic carbocycles. The number of aliphatic hydroxyl groups is 1. The van der Waals surface area contributed by atoms with Gasteiger partial charge in [0.2, 0.25) is 0 Å². The highest BCUT2D eigenvalue weighted by atomic mass is 127. The van der Waals surface area contributed by atoms with Crippen LogP contribution in [-0.4, -0.2) is 37.4 Å². The molecular weight excluding hydrogens is 385 g/mol. The highest BCUT2D eigenvalue weighted by Gasteiger charge is 2.10. The van der Waals surface area contributed by atoms with Crippen LogP contribution in [0.25, 0.3) is 0 Å². The molecule has 0 amide bonds. The number of nitrogens with two attached hydrogens (primary N) is 1. The number of halogens is 1. The number of fused-ring (bicyclic) bond motifs is 1. The Bertz CT molecular complexity index is 483. The van der Waals surface area contributed by atoms with Crippen molar-refractivity contribution in [2.75, 3.05) is 31.7 Å². The lowest BCUT2D eigenvalue weighted by molar-refractivity contribution is 0.242. The fourth-order valence-corrected chi connectivity index (χ4v) is 1.74. The normalized spacial score (nSPS) is 15.6. The van der Waals surface area contributed by atoms with E-state index in [-0.39, 0.29) is 36.5 Å². The zero-order valence-electron chi connectivity index (χ0n) is 12.0. The summed E-state index contributed by atoms with van der Waals surface area (Å²) in [5, 5.41) is 11.9. The van der Waals surface area contributed by atoms with E-state index < -0.39 is 0 Å². The minimum absolute atomic E-state index is 0. The SMILES string of the molecule is CC(CO)CN=C(N)Nc1ccc2c(c1)OCCCO2.I. The van der Waals surface area contributed by atoms with Gasteiger partial charge >= 0.3 is 0 Å². The number of guanidine groups is 1. The van der Waals surface area contributed by atoms with Gasteiger partial charge in [-0.3, -0.25) is 4.99 Å². The largest absolute Gasteiger partial charge is 0.490 e. The maximum atomic E-state index is 8.94. The van der Waals surface area contributed by atoms with Crippen LogP contribution in [0, 0.1) is 5.92 Å². The summed E-state index contributed by atoms with van der Waals surface area (Å²) in [4.78, 5) is 4.17. The summed E-state index contributed by atoms with van der Waals surface area (Å²) in [6.45, 7) is 3.81. The molecule has 4 N–H and O–H groups in total. The Morgan fingerprint density at radius 1 is 1.38 bits per heavy atom. The molecule has 1 aliphatic rings. The second-order valence-corrected chi connectivity index (χ2v) is 4.85. The fourth-order valence-electron chi connectivity index (χ4n) is 1.74. The van der Waals surface area contributed by atoms with Gasteiger partial charge in [0.25, 0.3) is 0 Å². The minimum Gasteiger partial charge on any atom is -0.490 e. The van der Waals surface area contributed by atoms with Gasteiger partial charge in [-0.1, -0.05) is 6.92 Å². The quantitative estimate of drug-likeness (QED) is 0.403. The van der Waals surface area contributed by atoms with Crippen molar-refractivity contribution in [3.05, 3.63) is 18.2 Å². The number of nitrogens with one attached hydrogen (secondary N) is 1. The molecule has 1 aromatic rings. The van der Waals surface area contributed by atoms with E-state index in [2.05, 4.69) is 10.3 Å². The Balaban J connectivity index is 0.00000220. The van der Waals surface area contributed by atoms with Crippen LogP contribution in [0.2, 0.25) is 0 Å². The first kappa shape index (κ1) is 17.8. The first-order chi connectivity index (χ1) is 9.69. The van der Waals surface area contributed by atoms with Crippen molar-refractivity contribution in [1.29, 1.82) is 0 Å². The van der Waals surface area contributed by atoms with Crippen LogP contribution >= 0.6 is 24.0 Å². The van der Waals surface area contributed by atoms with Crippen LogP contribution in [0.4, 0.5) is 5.69 Å². The number of aliphatic imine (C=N–C) groups is 1. The van der Waals surface area contributed by atoms with Crippen LogP contribution < -0.4 is 20.5 Å². The average Bonchev–Trinajstić information content (AvgIpc) is 2.69. The van der Waals surface area contributed by atoms with E-state index in [1.165, 1.54) is 0 Å². The lowest BCUT2D eigenvalue weighted by Crippen LogP contribution is -2.24. The fraction of sp³-hybridized carbons (Fsp3) is 0.500. The molecule has 0 saturated heterocycles. The van der Waals surface area contributed by atoms with Crippen LogP contribution in [-0.2, 0) is 0 Å². The van der Waals surface area contributed by atoms with E-state index in [0.29, 0.717) is 31.5 Å². The summed E-state index contributed by atoms with van der Waals surface area (Å²) in [5.74, 6) is 1.88. The molecular formula is C14H22IN3O3. The number of nitrogens with zero attached hydrogens (tertiary/aromatic N) is 1. The van der Waals surface area contributed by atoms with E-state index in [1.807, 2.05) is 25.1 Å². The molecule has 21 heavy (non-hydrogen) atoms. The molecule has 118 valence electrons. The first-order valence-corrected chi connectivity index (χ1v) is 6.76. The van der Waals surface area contributed by atoms with Gasteiger partial charge in [-0.15, -0.1) is 24.0 Å². The van der Waals surface area contributed by atoms with Crippen molar-refractivity contribution >= 4 is 35.6 Å². The van der Waals surface area contributed by atoms with Gasteiger partial charge in [0.15, 0.2) is 17.5 Å². The van der Waals surface area contributed by atoms with Gasteiger partial charge in [0.05, 0.1) is 13.2 Å². The summed E-state index contributed by atoms with van der Waals surface area (Å²) >= 11 is 0. The Morgan fingerprint density at radius 2 is 2.10 bits per heavy atom. The molecule has 6 nitrogen and oxygen atoms in total. The van der Waals surface area contributed by atoms with Gasteiger partial charge in [0, 0.05) is 31.3 Å². The van der Waals surface area contributed by atoms with Crippen LogP contribution in [0.5, 0.6) is 11.5 Å². The first-order valence-electron chi connectivity index (χ1n) is 6.76. The zero-order chi connectivity index (χ0) is 14.4. The third-order valence-electron chi connectivity index (χ3n) is 2.90. The monoisotopic (exact) mass is 407 g/mol. The number of hydrogen-bond acceptors (Lipinski definition) is 4. The maximum absolute atomic E-state index is 8.94. The Morgan fingerprint density at radius 3 is 2.81 bits per heavy atom. The Labute approximate surface area is 141 Å². The molecule has 0 radical (unpaired) electrons. The molecule has 1 heterocycles. The predicted molar refractivity (Wildman–Crippen MR) is 93.8 cm³/mol. The van der Waals surface area contributed by atoms with Crippen molar-refractivity contribution < 1.29 is 14.6 Å². The summed E-state index contributed by atoms with van der Waals surface area (Å²) in [6, 6.07) is 5.57. The molecule has 1 aliphatic heterocycles. The maximum Gasteiger partial charge on any atom is 0.193 e. The van der Waals surface area contributed by atoms with Crippen molar-refractivity contribution in [3.63, 3.8) is 0 Å². The van der Waals surface area contributed by atoms with Crippen LogP contribution in [0.15, 0.2) is 23.2 Å². The van der Waals surface area contributed by atoms with E-state index in [1.54, 1.807) is 0 Å². The standard InChI is InChI=1S/C14H21N3O3.HI/c1-10(9-18)8-16-14(15)17-11-3-4-12-13(7-11)20-6-2-5-19-12;/h3-4,7,10,18H,2,5-6,8-9H2,1H3,(H3,15,16,17);1H. The number of anilines is 1. The van der Waals surface area contributed by atoms with Crippen LogP contribution in [0.3, 0.4) is 0 Å². The molecule has 2 rings (SSSR count). The number of aliphatic hydroxyl groups excluding tert-OH is 1. The number of rotatable bonds is 4. The van der Waals surface area contributed by atoms with Crippen molar-refractivity contribution in [1.82, 2.24) is 0 Å². The van der Waals surface area contributed by atoms with Gasteiger partial charge in [-0.2, -0.15) is 0 Å². The molecule has 0 saturated carbocycles. The van der Waals surface area contributed by atoms with Gasteiger partial charge < -0.3 is 25.6 Å². The summed E-state index contributed by atoms with van der Waals surface area (Å²) in [5.41, 5.74) is 6.60. The molecule has 0 aromatic heterocycles. The van der Waals surface area contributed by atoms with E-state index in [0.717, 1.165) is 17.9 Å². The highest BCUT2D eigenvalue weighted by Crippen LogP contribution is 2.32. The molecule has 7 heteroatoms. The average molecular weight is 407 g/mol. The second-order valence-electron chi connectivity index (χ2n) is 4.85. The van der Waals surface area contributed by atoms with Gasteiger partial charge in [-0.05, 0) is 18.1 Å². The van der Waals surface area contributed by atoms with E-state index in [4.69, 9.17) is 20.3 Å². The van der Waals surface area contributed by atoms with E-state index >= 15 is 0 Å². The summed E-state index contributed by atoms with van der Waals surface area (Å²) < 4.78 is 11.2. The number of ether oxygens (including phenoxy) is 2. The van der Waals surface area contributed by atoms with Crippen LogP contribution in [0.1, 0.15) is 13.3 Å². The van der Waals surface area contributed by atoms with Gasteiger partial charge in [0.1, 0.15) is 0 Å². The second kappa shape index (κ2) is 8.93. The topological polar surface area (TPSA) is 89.1 Å².